The highest BCUT2D eigenvalue weighted by atomic mass is 35.5. The fourth-order valence-electron chi connectivity index (χ4n) is 4.61. The second-order valence-electron chi connectivity index (χ2n) is 7.07. The predicted octanol–water partition coefficient (Wildman–Crippen LogP) is 3.73. The minimum absolute atomic E-state index is 0.286. The highest BCUT2D eigenvalue weighted by Gasteiger charge is 2.40. The monoisotopic (exact) mass is 283 g/mol. The molecular weight excluding hydrogens is 258 g/mol. The van der Waals surface area contributed by atoms with Crippen molar-refractivity contribution in [2.75, 3.05) is 6.54 Å². The average Bonchev–Trinajstić information content (AvgIpc) is 2.99. The summed E-state index contributed by atoms with van der Waals surface area (Å²) in [6, 6.07) is 0. The van der Waals surface area contributed by atoms with Crippen molar-refractivity contribution in [1.82, 2.24) is 5.32 Å². The Labute approximate surface area is 121 Å². The summed E-state index contributed by atoms with van der Waals surface area (Å²) in [5, 5.41) is 3.50. The standard InChI is InChI=1S/C16H26ClNO/c17-15-3-1-2-12(8-15)10-18-16(19)9-14-7-11-4-5-13(14)6-11/h11-15H,1-10H2,(H,18,19). The number of hydrogen-bond acceptors (Lipinski definition) is 1. The molecule has 0 aromatic rings. The van der Waals surface area contributed by atoms with Gasteiger partial charge in [0, 0.05) is 18.3 Å². The molecule has 3 heteroatoms. The van der Waals surface area contributed by atoms with Gasteiger partial charge in [0.1, 0.15) is 0 Å². The molecule has 5 atom stereocenters. The molecule has 3 rings (SSSR count). The molecule has 0 aromatic heterocycles. The second kappa shape index (κ2) is 6.03. The Morgan fingerprint density at radius 3 is 2.68 bits per heavy atom. The zero-order valence-corrected chi connectivity index (χ0v) is 12.5. The lowest BCUT2D eigenvalue weighted by Crippen LogP contribution is -2.33. The number of hydrogen-bond donors (Lipinski definition) is 1. The number of halogens is 1. The van der Waals surface area contributed by atoms with E-state index in [2.05, 4.69) is 5.32 Å². The van der Waals surface area contributed by atoms with Gasteiger partial charge in [-0.05, 0) is 62.2 Å². The number of alkyl halides is 1. The minimum atomic E-state index is 0.286. The summed E-state index contributed by atoms with van der Waals surface area (Å²) in [5.41, 5.74) is 0. The zero-order valence-electron chi connectivity index (χ0n) is 11.7. The van der Waals surface area contributed by atoms with Gasteiger partial charge < -0.3 is 5.32 Å². The van der Waals surface area contributed by atoms with Gasteiger partial charge in [0.2, 0.25) is 5.91 Å². The molecule has 5 unspecified atom stereocenters. The van der Waals surface area contributed by atoms with E-state index in [1.165, 1.54) is 38.5 Å². The van der Waals surface area contributed by atoms with Gasteiger partial charge in [0.15, 0.2) is 0 Å². The van der Waals surface area contributed by atoms with E-state index in [9.17, 15) is 4.79 Å². The van der Waals surface area contributed by atoms with E-state index >= 15 is 0 Å². The second-order valence-corrected chi connectivity index (χ2v) is 7.69. The van der Waals surface area contributed by atoms with Crippen LogP contribution in [0.2, 0.25) is 0 Å². The first-order valence-corrected chi connectivity index (χ1v) is 8.55. The van der Waals surface area contributed by atoms with Gasteiger partial charge >= 0.3 is 0 Å². The first-order chi connectivity index (χ1) is 9.20. The van der Waals surface area contributed by atoms with Crippen molar-refractivity contribution in [3.8, 4) is 0 Å². The van der Waals surface area contributed by atoms with Crippen LogP contribution in [0.3, 0.4) is 0 Å². The Kier molecular flexibility index (Phi) is 4.36. The lowest BCUT2D eigenvalue weighted by Gasteiger charge is -2.26. The molecule has 108 valence electrons. The van der Waals surface area contributed by atoms with Crippen molar-refractivity contribution in [3.05, 3.63) is 0 Å². The maximum atomic E-state index is 12.1. The van der Waals surface area contributed by atoms with E-state index in [1.54, 1.807) is 0 Å². The van der Waals surface area contributed by atoms with Crippen molar-refractivity contribution in [2.45, 2.75) is 63.2 Å². The number of fused-ring (bicyclic) bond motifs is 2. The van der Waals surface area contributed by atoms with E-state index < -0.39 is 0 Å². The van der Waals surface area contributed by atoms with Crippen LogP contribution in [0.1, 0.15) is 57.8 Å². The number of carbonyl (C=O) groups excluding carboxylic acids is 1. The SMILES string of the molecule is O=C(CC1CC2CCC1C2)NCC1CCCC(Cl)C1. The van der Waals surface area contributed by atoms with Gasteiger partial charge in [0.25, 0.3) is 0 Å². The first kappa shape index (κ1) is 13.7. The molecule has 0 heterocycles. The van der Waals surface area contributed by atoms with Crippen molar-refractivity contribution < 1.29 is 4.79 Å². The van der Waals surface area contributed by atoms with Crippen LogP contribution in [0.15, 0.2) is 0 Å². The van der Waals surface area contributed by atoms with Gasteiger partial charge in [-0.25, -0.2) is 0 Å². The molecule has 0 spiro atoms. The fourth-order valence-corrected chi connectivity index (χ4v) is 5.01. The molecule has 1 amide bonds. The Bertz CT molecular complexity index is 333. The third kappa shape index (κ3) is 3.45. The summed E-state index contributed by atoms with van der Waals surface area (Å²) in [5.74, 6) is 3.39. The highest BCUT2D eigenvalue weighted by molar-refractivity contribution is 6.20. The number of amides is 1. The van der Waals surface area contributed by atoms with Gasteiger partial charge in [-0.2, -0.15) is 0 Å². The molecule has 1 N–H and O–H groups in total. The van der Waals surface area contributed by atoms with Gasteiger partial charge in [-0.3, -0.25) is 4.79 Å². The summed E-state index contributed by atoms with van der Waals surface area (Å²) in [6.07, 6.45) is 11.0. The quantitative estimate of drug-likeness (QED) is 0.783. The van der Waals surface area contributed by atoms with Crippen LogP contribution >= 0.6 is 11.6 Å². The molecule has 19 heavy (non-hydrogen) atoms. The number of rotatable bonds is 4. The van der Waals surface area contributed by atoms with Gasteiger partial charge in [-0.1, -0.05) is 12.8 Å². The number of nitrogens with one attached hydrogen (secondary N) is 1. The van der Waals surface area contributed by atoms with Gasteiger partial charge in [-0.15, -0.1) is 11.6 Å². The van der Waals surface area contributed by atoms with Crippen LogP contribution in [0.4, 0.5) is 0 Å². The van der Waals surface area contributed by atoms with Crippen LogP contribution in [0, 0.1) is 23.7 Å². The predicted molar refractivity (Wildman–Crippen MR) is 78.2 cm³/mol. The summed E-state index contributed by atoms with van der Waals surface area (Å²) in [7, 11) is 0. The van der Waals surface area contributed by atoms with Crippen molar-refractivity contribution in [1.29, 1.82) is 0 Å². The van der Waals surface area contributed by atoms with Crippen molar-refractivity contribution in [2.24, 2.45) is 23.7 Å². The minimum Gasteiger partial charge on any atom is -0.356 e. The molecule has 0 radical (unpaired) electrons. The molecule has 3 fully saturated rings. The van der Waals surface area contributed by atoms with E-state index in [0.717, 1.165) is 37.6 Å². The van der Waals surface area contributed by atoms with Crippen LogP contribution in [0.5, 0.6) is 0 Å². The smallest absolute Gasteiger partial charge is 0.220 e. The van der Waals surface area contributed by atoms with E-state index in [4.69, 9.17) is 11.6 Å². The lowest BCUT2D eigenvalue weighted by molar-refractivity contribution is -0.122. The highest BCUT2D eigenvalue weighted by Crippen LogP contribution is 2.49. The number of carbonyl (C=O) groups is 1. The molecule has 0 aromatic carbocycles. The lowest BCUT2D eigenvalue weighted by atomic mass is 9.86. The molecule has 3 saturated carbocycles. The summed E-state index contributed by atoms with van der Waals surface area (Å²) in [4.78, 5) is 12.1. The van der Waals surface area contributed by atoms with Crippen LogP contribution in [-0.4, -0.2) is 17.8 Å². The molecule has 2 bridgehead atoms. The molecular formula is C16H26ClNO. The zero-order chi connectivity index (χ0) is 13.2. The third-order valence-electron chi connectivity index (χ3n) is 5.64. The normalized spacial score (nSPS) is 41.4. The Morgan fingerprint density at radius 2 is 2.00 bits per heavy atom. The van der Waals surface area contributed by atoms with Gasteiger partial charge in [0.05, 0.1) is 0 Å². The van der Waals surface area contributed by atoms with Crippen LogP contribution in [0.25, 0.3) is 0 Å². The Morgan fingerprint density at radius 1 is 1.11 bits per heavy atom. The summed E-state index contributed by atoms with van der Waals surface area (Å²) in [6.45, 7) is 0.850. The molecule has 0 aliphatic heterocycles. The largest absolute Gasteiger partial charge is 0.356 e. The van der Waals surface area contributed by atoms with Crippen molar-refractivity contribution >= 4 is 17.5 Å². The Hall–Kier alpha value is -0.240. The summed E-state index contributed by atoms with van der Waals surface area (Å²) >= 11 is 6.19. The molecule has 2 nitrogen and oxygen atoms in total. The first-order valence-electron chi connectivity index (χ1n) is 8.11. The molecule has 0 saturated heterocycles. The van der Waals surface area contributed by atoms with Crippen molar-refractivity contribution in [3.63, 3.8) is 0 Å². The van der Waals surface area contributed by atoms with E-state index in [1.807, 2.05) is 0 Å². The van der Waals surface area contributed by atoms with E-state index in [-0.39, 0.29) is 5.91 Å². The molecule has 3 aliphatic carbocycles. The topological polar surface area (TPSA) is 29.1 Å². The Balaban J connectivity index is 1.37. The van der Waals surface area contributed by atoms with Crippen LogP contribution in [-0.2, 0) is 4.79 Å². The fraction of sp³-hybridized carbons (Fsp3) is 0.938. The maximum absolute atomic E-state index is 12.1. The van der Waals surface area contributed by atoms with E-state index in [0.29, 0.717) is 17.2 Å². The average molecular weight is 284 g/mol. The van der Waals surface area contributed by atoms with Crippen LogP contribution < -0.4 is 5.32 Å². The molecule has 3 aliphatic rings. The maximum Gasteiger partial charge on any atom is 0.220 e. The third-order valence-corrected chi connectivity index (χ3v) is 6.04. The summed E-state index contributed by atoms with van der Waals surface area (Å²) < 4.78 is 0.